The molecule has 1 aromatic carbocycles. The van der Waals surface area contributed by atoms with E-state index >= 15 is 0 Å². The quantitative estimate of drug-likeness (QED) is 0.773. The maximum absolute atomic E-state index is 12.2. The molecule has 1 N–H and O–H groups in total. The molecule has 4 heteroatoms. The zero-order chi connectivity index (χ0) is 12.8. The first-order valence-electron chi connectivity index (χ1n) is 5.80. The van der Waals surface area contributed by atoms with Gasteiger partial charge >= 0.3 is 0 Å². The van der Waals surface area contributed by atoms with Crippen molar-refractivity contribution in [3.05, 3.63) is 23.8 Å². The van der Waals surface area contributed by atoms with Gasteiger partial charge in [0.1, 0.15) is 0 Å². The minimum absolute atomic E-state index is 0.0392. The molecule has 0 radical (unpaired) electrons. The maximum Gasteiger partial charge on any atom is 0.182 e. The van der Waals surface area contributed by atoms with Crippen molar-refractivity contribution in [1.82, 2.24) is 0 Å². The first-order chi connectivity index (χ1) is 7.70. The number of nitrogens with one attached hydrogen (secondary N) is 1. The highest BCUT2D eigenvalue weighted by molar-refractivity contribution is 7.91. The highest BCUT2D eigenvalue weighted by Gasteiger charge is 2.36. The standard InChI is InChI=1S/C13H19NO2S/c1-9-5-6-10-11(7-9)17(15,16)8-12(14-10)13(2,3)4/h5-7,12,14H,8H2,1-4H3. The van der Waals surface area contributed by atoms with E-state index in [-0.39, 0.29) is 17.2 Å². The molecule has 0 spiro atoms. The fraction of sp³-hybridized carbons (Fsp3) is 0.538. The summed E-state index contributed by atoms with van der Waals surface area (Å²) in [5.41, 5.74) is 1.64. The molecule has 1 heterocycles. The second kappa shape index (κ2) is 3.73. The minimum atomic E-state index is -3.16. The number of benzene rings is 1. The normalized spacial score (nSPS) is 22.7. The summed E-state index contributed by atoms with van der Waals surface area (Å²) in [5, 5.41) is 3.34. The SMILES string of the molecule is Cc1ccc2c(c1)S(=O)(=O)CC(C(C)(C)C)N2. The van der Waals surface area contributed by atoms with Gasteiger partial charge in [0.2, 0.25) is 0 Å². The Morgan fingerprint density at radius 1 is 1.29 bits per heavy atom. The first-order valence-corrected chi connectivity index (χ1v) is 7.45. The molecule has 17 heavy (non-hydrogen) atoms. The lowest BCUT2D eigenvalue weighted by Crippen LogP contribution is -2.43. The van der Waals surface area contributed by atoms with E-state index in [4.69, 9.17) is 0 Å². The molecule has 0 aliphatic carbocycles. The molecular formula is C13H19NO2S. The highest BCUT2D eigenvalue weighted by atomic mass is 32.2. The van der Waals surface area contributed by atoms with Gasteiger partial charge < -0.3 is 5.32 Å². The molecule has 1 aromatic rings. The van der Waals surface area contributed by atoms with Crippen LogP contribution in [0.3, 0.4) is 0 Å². The van der Waals surface area contributed by atoms with Gasteiger partial charge in [-0.05, 0) is 30.0 Å². The Morgan fingerprint density at radius 2 is 1.94 bits per heavy atom. The van der Waals surface area contributed by atoms with Crippen LogP contribution in [0.5, 0.6) is 0 Å². The smallest absolute Gasteiger partial charge is 0.182 e. The van der Waals surface area contributed by atoms with Gasteiger partial charge in [0, 0.05) is 6.04 Å². The van der Waals surface area contributed by atoms with Crippen molar-refractivity contribution in [2.75, 3.05) is 11.1 Å². The van der Waals surface area contributed by atoms with Crippen molar-refractivity contribution in [3.63, 3.8) is 0 Å². The van der Waals surface area contributed by atoms with Gasteiger partial charge in [-0.3, -0.25) is 0 Å². The van der Waals surface area contributed by atoms with Gasteiger partial charge in [0.05, 0.1) is 16.3 Å². The van der Waals surface area contributed by atoms with E-state index in [9.17, 15) is 8.42 Å². The number of anilines is 1. The summed E-state index contributed by atoms with van der Waals surface area (Å²) in [6, 6.07) is 5.51. The van der Waals surface area contributed by atoms with Crippen LogP contribution in [0.15, 0.2) is 23.1 Å². The molecule has 1 atom stereocenters. The van der Waals surface area contributed by atoms with Gasteiger partial charge in [0.15, 0.2) is 9.84 Å². The largest absolute Gasteiger partial charge is 0.380 e. The van der Waals surface area contributed by atoms with Crippen molar-refractivity contribution in [2.45, 2.75) is 38.6 Å². The van der Waals surface area contributed by atoms with Crippen molar-refractivity contribution in [1.29, 1.82) is 0 Å². The Hall–Kier alpha value is -1.03. The molecule has 0 amide bonds. The fourth-order valence-corrected chi connectivity index (χ4v) is 4.04. The molecule has 0 aromatic heterocycles. The number of hydrogen-bond donors (Lipinski definition) is 1. The van der Waals surface area contributed by atoms with Crippen LogP contribution in [0.1, 0.15) is 26.3 Å². The highest BCUT2D eigenvalue weighted by Crippen LogP contribution is 2.34. The average molecular weight is 253 g/mol. The van der Waals surface area contributed by atoms with Crippen LogP contribution in [0.25, 0.3) is 0 Å². The number of sulfone groups is 1. The summed E-state index contributed by atoms with van der Waals surface area (Å²) < 4.78 is 24.5. The Kier molecular flexibility index (Phi) is 2.73. The number of fused-ring (bicyclic) bond motifs is 1. The molecule has 0 saturated heterocycles. The summed E-state index contributed by atoms with van der Waals surface area (Å²) in [6.45, 7) is 8.07. The third-order valence-corrected chi connectivity index (χ3v) is 5.01. The van der Waals surface area contributed by atoms with Crippen molar-refractivity contribution >= 4 is 15.5 Å². The Morgan fingerprint density at radius 3 is 2.53 bits per heavy atom. The Labute approximate surface area is 103 Å². The first kappa shape index (κ1) is 12.4. The van der Waals surface area contributed by atoms with Crippen LogP contribution < -0.4 is 5.32 Å². The third-order valence-electron chi connectivity index (χ3n) is 3.23. The fourth-order valence-electron chi connectivity index (χ4n) is 2.01. The van der Waals surface area contributed by atoms with Crippen molar-refractivity contribution < 1.29 is 8.42 Å². The van der Waals surface area contributed by atoms with Crippen LogP contribution in [-0.4, -0.2) is 20.2 Å². The lowest BCUT2D eigenvalue weighted by molar-refractivity contribution is 0.356. The summed E-state index contributed by atoms with van der Waals surface area (Å²) >= 11 is 0. The van der Waals surface area contributed by atoms with E-state index in [0.29, 0.717) is 4.90 Å². The molecule has 94 valence electrons. The predicted molar refractivity (Wildman–Crippen MR) is 70.1 cm³/mol. The molecule has 0 bridgehead atoms. The van der Waals surface area contributed by atoms with E-state index in [1.54, 1.807) is 6.07 Å². The van der Waals surface area contributed by atoms with E-state index in [2.05, 4.69) is 26.1 Å². The zero-order valence-corrected chi connectivity index (χ0v) is 11.6. The lowest BCUT2D eigenvalue weighted by Gasteiger charge is -2.36. The van der Waals surface area contributed by atoms with Crippen LogP contribution in [0.4, 0.5) is 5.69 Å². The Bertz CT molecular complexity index is 541. The molecule has 2 rings (SSSR count). The van der Waals surface area contributed by atoms with Crippen LogP contribution >= 0.6 is 0 Å². The zero-order valence-electron chi connectivity index (χ0n) is 10.7. The van der Waals surface area contributed by atoms with Crippen LogP contribution in [-0.2, 0) is 9.84 Å². The number of hydrogen-bond acceptors (Lipinski definition) is 3. The van der Waals surface area contributed by atoms with Gasteiger partial charge in [-0.1, -0.05) is 26.8 Å². The topological polar surface area (TPSA) is 46.2 Å². The monoisotopic (exact) mass is 253 g/mol. The summed E-state index contributed by atoms with van der Waals surface area (Å²) in [6.07, 6.45) is 0. The van der Waals surface area contributed by atoms with E-state index < -0.39 is 9.84 Å². The van der Waals surface area contributed by atoms with Gasteiger partial charge in [0.25, 0.3) is 0 Å². The molecule has 1 aliphatic heterocycles. The predicted octanol–water partition coefficient (Wildman–Crippen LogP) is 2.61. The molecule has 0 saturated carbocycles. The van der Waals surface area contributed by atoms with Crippen LogP contribution in [0.2, 0.25) is 0 Å². The second-order valence-corrected chi connectivity index (χ2v) is 7.85. The second-order valence-electron chi connectivity index (χ2n) is 5.84. The van der Waals surface area contributed by atoms with Crippen molar-refractivity contribution in [2.24, 2.45) is 5.41 Å². The lowest BCUT2D eigenvalue weighted by atomic mass is 9.87. The average Bonchev–Trinajstić information content (AvgIpc) is 2.16. The minimum Gasteiger partial charge on any atom is -0.380 e. The summed E-state index contributed by atoms with van der Waals surface area (Å²) in [7, 11) is -3.16. The summed E-state index contributed by atoms with van der Waals surface area (Å²) in [4.78, 5) is 0.443. The number of aryl methyl sites for hydroxylation is 1. The molecule has 1 unspecified atom stereocenters. The van der Waals surface area contributed by atoms with Gasteiger partial charge in [-0.2, -0.15) is 0 Å². The molecule has 0 fully saturated rings. The van der Waals surface area contributed by atoms with E-state index in [1.807, 2.05) is 19.1 Å². The van der Waals surface area contributed by atoms with Gasteiger partial charge in [-0.25, -0.2) is 8.42 Å². The Balaban J connectivity index is 2.52. The third kappa shape index (κ3) is 2.32. The summed E-state index contributed by atoms with van der Waals surface area (Å²) in [5.74, 6) is 0.174. The van der Waals surface area contributed by atoms with E-state index in [0.717, 1.165) is 11.3 Å². The van der Waals surface area contributed by atoms with E-state index in [1.165, 1.54) is 0 Å². The van der Waals surface area contributed by atoms with Gasteiger partial charge in [-0.15, -0.1) is 0 Å². The van der Waals surface area contributed by atoms with Crippen LogP contribution in [0, 0.1) is 12.3 Å². The van der Waals surface area contributed by atoms with Crippen molar-refractivity contribution in [3.8, 4) is 0 Å². The number of rotatable bonds is 0. The molecular weight excluding hydrogens is 234 g/mol. The molecule has 3 nitrogen and oxygen atoms in total. The molecule has 1 aliphatic rings. The maximum atomic E-state index is 12.2.